The smallest absolute Gasteiger partial charge is 0.256 e. The molecule has 104 valence electrons. The zero-order chi connectivity index (χ0) is 13.9. The fourth-order valence-electron chi connectivity index (χ4n) is 2.44. The van der Waals surface area contributed by atoms with E-state index in [1.807, 2.05) is 0 Å². The topological polar surface area (TPSA) is 80.0 Å². The Kier molecular flexibility index (Phi) is 3.47. The van der Waals surface area contributed by atoms with Crippen molar-refractivity contribution in [2.45, 2.75) is 31.4 Å². The normalized spacial score (nSPS) is 21.9. The molecule has 2 heterocycles. The van der Waals surface area contributed by atoms with Gasteiger partial charge in [-0.25, -0.2) is 4.98 Å². The monoisotopic (exact) mass is 272 g/mol. The van der Waals surface area contributed by atoms with Crippen LogP contribution in [0.4, 0.5) is 5.95 Å². The molecule has 2 aromatic rings. The van der Waals surface area contributed by atoms with Crippen molar-refractivity contribution in [2.75, 3.05) is 5.32 Å². The van der Waals surface area contributed by atoms with Crippen molar-refractivity contribution in [1.29, 1.82) is 0 Å². The highest BCUT2D eigenvalue weighted by Gasteiger charge is 2.23. The number of nitrogens with one attached hydrogen (secondary N) is 1. The fraction of sp³-hybridized carbons (Fsp3) is 0.357. The number of nitrogens with zero attached hydrogens (tertiary/aromatic N) is 3. The van der Waals surface area contributed by atoms with E-state index in [4.69, 9.17) is 0 Å². The van der Waals surface area contributed by atoms with Gasteiger partial charge in [-0.2, -0.15) is 4.98 Å². The van der Waals surface area contributed by atoms with Crippen LogP contribution >= 0.6 is 0 Å². The molecule has 1 aliphatic carbocycles. The van der Waals surface area contributed by atoms with E-state index < -0.39 is 0 Å². The highest BCUT2D eigenvalue weighted by Crippen LogP contribution is 2.21. The van der Waals surface area contributed by atoms with Gasteiger partial charge in [0, 0.05) is 24.5 Å². The molecule has 2 aromatic heterocycles. The van der Waals surface area contributed by atoms with Crippen LogP contribution in [0.15, 0.2) is 41.5 Å². The number of aliphatic hydroxyl groups is 1. The minimum absolute atomic E-state index is 0.131. The van der Waals surface area contributed by atoms with Crippen LogP contribution in [-0.4, -0.2) is 31.8 Å². The summed E-state index contributed by atoms with van der Waals surface area (Å²) in [5.74, 6) is 1.02. The third kappa shape index (κ3) is 2.70. The Morgan fingerprint density at radius 3 is 2.95 bits per heavy atom. The number of anilines is 1. The molecule has 2 atom stereocenters. The molecule has 1 fully saturated rings. The van der Waals surface area contributed by atoms with E-state index >= 15 is 0 Å². The van der Waals surface area contributed by atoms with Crippen LogP contribution in [0.5, 0.6) is 0 Å². The van der Waals surface area contributed by atoms with Gasteiger partial charge in [0.15, 0.2) is 0 Å². The van der Waals surface area contributed by atoms with Crippen molar-refractivity contribution in [2.24, 2.45) is 0 Å². The molecule has 1 aliphatic rings. The summed E-state index contributed by atoms with van der Waals surface area (Å²) in [6.07, 6.45) is 5.46. The van der Waals surface area contributed by atoms with Crippen LogP contribution in [0.1, 0.15) is 19.3 Å². The van der Waals surface area contributed by atoms with Crippen LogP contribution in [0.2, 0.25) is 0 Å². The minimum Gasteiger partial charge on any atom is -0.393 e. The van der Waals surface area contributed by atoms with Gasteiger partial charge >= 0.3 is 0 Å². The molecule has 0 unspecified atom stereocenters. The second-order valence-electron chi connectivity index (χ2n) is 4.96. The maximum absolute atomic E-state index is 11.8. The van der Waals surface area contributed by atoms with Gasteiger partial charge in [-0.3, -0.25) is 9.36 Å². The number of rotatable bonds is 3. The predicted octanol–water partition coefficient (Wildman–Crippen LogP) is 0.953. The maximum atomic E-state index is 11.8. The van der Waals surface area contributed by atoms with E-state index in [0.29, 0.717) is 18.2 Å². The molecule has 0 amide bonds. The molecule has 6 heteroatoms. The lowest BCUT2D eigenvalue weighted by Crippen LogP contribution is -2.21. The van der Waals surface area contributed by atoms with E-state index in [9.17, 15) is 9.90 Å². The largest absolute Gasteiger partial charge is 0.393 e. The summed E-state index contributed by atoms with van der Waals surface area (Å²) >= 11 is 0. The first-order valence-electron chi connectivity index (χ1n) is 6.68. The molecule has 0 aromatic carbocycles. The second-order valence-corrected chi connectivity index (χ2v) is 4.96. The molecule has 1 saturated carbocycles. The Labute approximate surface area is 116 Å². The maximum Gasteiger partial charge on any atom is 0.256 e. The number of aliphatic hydroxyl groups excluding tert-OH is 1. The summed E-state index contributed by atoms with van der Waals surface area (Å²) in [5, 5.41) is 12.7. The average molecular weight is 272 g/mol. The van der Waals surface area contributed by atoms with Gasteiger partial charge < -0.3 is 10.4 Å². The van der Waals surface area contributed by atoms with Gasteiger partial charge in [0.1, 0.15) is 5.82 Å². The first-order chi connectivity index (χ1) is 9.72. The third-order valence-corrected chi connectivity index (χ3v) is 3.45. The van der Waals surface area contributed by atoms with Gasteiger partial charge in [0.05, 0.1) is 6.10 Å². The molecule has 0 bridgehead atoms. The third-order valence-electron chi connectivity index (χ3n) is 3.45. The highest BCUT2D eigenvalue weighted by atomic mass is 16.3. The van der Waals surface area contributed by atoms with E-state index in [1.165, 1.54) is 10.6 Å². The average Bonchev–Trinajstić information content (AvgIpc) is 2.85. The molecule has 20 heavy (non-hydrogen) atoms. The lowest BCUT2D eigenvalue weighted by molar-refractivity contribution is 0.182. The van der Waals surface area contributed by atoms with Crippen LogP contribution in [0, 0.1) is 0 Å². The number of hydrogen-bond acceptors (Lipinski definition) is 5. The van der Waals surface area contributed by atoms with Crippen LogP contribution < -0.4 is 10.9 Å². The van der Waals surface area contributed by atoms with Gasteiger partial charge in [-0.1, -0.05) is 6.07 Å². The Balaban J connectivity index is 1.83. The molecular weight excluding hydrogens is 256 g/mol. The molecule has 0 spiro atoms. The standard InChI is InChI=1S/C14H16N4O2/c19-11-5-4-10(9-11)16-14-15-7-6-12(17-14)18-8-2-1-3-13(18)20/h1-3,6-8,10-11,19H,4-5,9H2,(H,15,16,17)/t10-,11-/m0/s1. The predicted molar refractivity (Wildman–Crippen MR) is 74.9 cm³/mol. The van der Waals surface area contributed by atoms with Crippen LogP contribution in [0.3, 0.4) is 0 Å². The van der Waals surface area contributed by atoms with E-state index in [-0.39, 0.29) is 17.7 Å². The summed E-state index contributed by atoms with van der Waals surface area (Å²) in [5.41, 5.74) is -0.131. The van der Waals surface area contributed by atoms with Crippen molar-refractivity contribution in [1.82, 2.24) is 14.5 Å². The van der Waals surface area contributed by atoms with E-state index in [2.05, 4.69) is 15.3 Å². The lowest BCUT2D eigenvalue weighted by Gasteiger charge is -2.12. The number of hydrogen-bond donors (Lipinski definition) is 2. The van der Waals surface area contributed by atoms with Crippen LogP contribution in [0.25, 0.3) is 5.82 Å². The summed E-state index contributed by atoms with van der Waals surface area (Å²) in [4.78, 5) is 20.3. The lowest BCUT2D eigenvalue weighted by atomic mass is 10.2. The van der Waals surface area contributed by atoms with Crippen molar-refractivity contribution in [3.05, 3.63) is 47.0 Å². The van der Waals surface area contributed by atoms with Crippen molar-refractivity contribution < 1.29 is 5.11 Å². The Bertz CT molecular complexity index is 655. The SMILES string of the molecule is O=c1ccccn1-c1ccnc(N[C@H]2CC[C@H](O)C2)n1. The summed E-state index contributed by atoms with van der Waals surface area (Å²) in [7, 11) is 0. The summed E-state index contributed by atoms with van der Waals surface area (Å²) in [6, 6.07) is 6.84. The van der Waals surface area contributed by atoms with Crippen LogP contribution in [-0.2, 0) is 0 Å². The van der Waals surface area contributed by atoms with Gasteiger partial charge in [-0.15, -0.1) is 0 Å². The Hall–Kier alpha value is -2.21. The molecular formula is C14H16N4O2. The first kappa shape index (κ1) is 12.8. The van der Waals surface area contributed by atoms with E-state index in [0.717, 1.165) is 12.8 Å². The summed E-state index contributed by atoms with van der Waals surface area (Å²) < 4.78 is 1.47. The Morgan fingerprint density at radius 1 is 1.30 bits per heavy atom. The Morgan fingerprint density at radius 2 is 2.20 bits per heavy atom. The van der Waals surface area contributed by atoms with Crippen molar-refractivity contribution in [3.63, 3.8) is 0 Å². The van der Waals surface area contributed by atoms with Crippen molar-refractivity contribution >= 4 is 5.95 Å². The molecule has 0 aliphatic heterocycles. The highest BCUT2D eigenvalue weighted by molar-refractivity contribution is 5.33. The molecule has 6 nitrogen and oxygen atoms in total. The van der Waals surface area contributed by atoms with Crippen molar-refractivity contribution in [3.8, 4) is 5.82 Å². The minimum atomic E-state index is -0.243. The summed E-state index contributed by atoms with van der Waals surface area (Å²) in [6.45, 7) is 0. The van der Waals surface area contributed by atoms with Gasteiger partial charge in [-0.05, 0) is 31.4 Å². The molecule has 3 rings (SSSR count). The van der Waals surface area contributed by atoms with E-state index in [1.54, 1.807) is 30.6 Å². The fourth-order valence-corrected chi connectivity index (χ4v) is 2.44. The molecule has 2 N–H and O–H groups in total. The quantitative estimate of drug-likeness (QED) is 0.869. The van der Waals surface area contributed by atoms with Gasteiger partial charge in [0.2, 0.25) is 5.95 Å². The zero-order valence-corrected chi connectivity index (χ0v) is 10.9. The first-order valence-corrected chi connectivity index (χ1v) is 6.68. The number of pyridine rings is 1. The second kappa shape index (κ2) is 5.42. The zero-order valence-electron chi connectivity index (χ0n) is 10.9. The molecule has 0 radical (unpaired) electrons. The van der Waals surface area contributed by atoms with Gasteiger partial charge in [0.25, 0.3) is 5.56 Å². The molecule has 0 saturated heterocycles. The number of aromatic nitrogens is 3.